The van der Waals surface area contributed by atoms with E-state index in [4.69, 9.17) is 0 Å². The van der Waals surface area contributed by atoms with Gasteiger partial charge in [-0.25, -0.2) is 9.97 Å². The summed E-state index contributed by atoms with van der Waals surface area (Å²) in [5.41, 5.74) is 0. The molecule has 2 heterocycles. The van der Waals surface area contributed by atoms with Crippen molar-refractivity contribution < 1.29 is 0 Å². The smallest absolute Gasteiger partial charge is 0.138 e. The van der Waals surface area contributed by atoms with Crippen LogP contribution in [-0.4, -0.2) is 29.1 Å². The molecular formula is C12H16N4S. The highest BCUT2D eigenvalue weighted by atomic mass is 32.1. The molecule has 3 rings (SSSR count). The van der Waals surface area contributed by atoms with Crippen LogP contribution in [-0.2, 0) is 0 Å². The standard InChI is InChI=1S/C12H16N4S/c1-8-6-10-11(15-7-16-12(10)17-8)14-5-4-13-9-2-3-9/h6-7,9,13H,2-5H2,1H3,(H,14,15,16). The van der Waals surface area contributed by atoms with Crippen molar-refractivity contribution in [3.05, 3.63) is 17.3 Å². The molecule has 2 aromatic rings. The predicted octanol–water partition coefficient (Wildman–Crippen LogP) is 2.16. The number of anilines is 1. The number of fused-ring (bicyclic) bond motifs is 1. The van der Waals surface area contributed by atoms with Crippen LogP contribution in [0, 0.1) is 6.92 Å². The van der Waals surface area contributed by atoms with Crippen LogP contribution >= 0.6 is 11.3 Å². The summed E-state index contributed by atoms with van der Waals surface area (Å²) in [6.07, 6.45) is 4.30. The zero-order valence-electron chi connectivity index (χ0n) is 9.86. The number of hydrogen-bond acceptors (Lipinski definition) is 5. The summed E-state index contributed by atoms with van der Waals surface area (Å²) in [6, 6.07) is 2.92. The first-order valence-corrected chi connectivity index (χ1v) is 6.83. The van der Waals surface area contributed by atoms with Gasteiger partial charge in [-0.1, -0.05) is 0 Å². The monoisotopic (exact) mass is 248 g/mol. The molecule has 0 spiro atoms. The molecule has 4 nitrogen and oxygen atoms in total. The van der Waals surface area contributed by atoms with Gasteiger partial charge in [0.1, 0.15) is 17.0 Å². The molecule has 17 heavy (non-hydrogen) atoms. The molecule has 0 aliphatic heterocycles. The van der Waals surface area contributed by atoms with E-state index in [1.807, 2.05) is 0 Å². The summed E-state index contributed by atoms with van der Waals surface area (Å²) in [6.45, 7) is 4.02. The fourth-order valence-corrected chi connectivity index (χ4v) is 2.71. The van der Waals surface area contributed by atoms with Crippen LogP contribution in [0.2, 0.25) is 0 Å². The number of nitrogens with zero attached hydrogens (tertiary/aromatic N) is 2. The largest absolute Gasteiger partial charge is 0.368 e. The van der Waals surface area contributed by atoms with Gasteiger partial charge < -0.3 is 10.6 Å². The van der Waals surface area contributed by atoms with Crippen molar-refractivity contribution in [2.45, 2.75) is 25.8 Å². The molecule has 1 saturated carbocycles. The molecule has 5 heteroatoms. The fourth-order valence-electron chi connectivity index (χ4n) is 1.86. The van der Waals surface area contributed by atoms with Crippen molar-refractivity contribution >= 4 is 27.4 Å². The van der Waals surface area contributed by atoms with Gasteiger partial charge in [0.2, 0.25) is 0 Å². The third-order valence-corrected chi connectivity index (χ3v) is 3.84. The minimum Gasteiger partial charge on any atom is -0.368 e. The van der Waals surface area contributed by atoms with Crippen molar-refractivity contribution in [2.75, 3.05) is 18.4 Å². The SMILES string of the molecule is Cc1cc2c(NCCNC3CC3)ncnc2s1. The van der Waals surface area contributed by atoms with E-state index >= 15 is 0 Å². The number of rotatable bonds is 5. The molecule has 90 valence electrons. The lowest BCUT2D eigenvalue weighted by Crippen LogP contribution is -2.24. The number of nitrogens with one attached hydrogen (secondary N) is 2. The zero-order valence-corrected chi connectivity index (χ0v) is 10.7. The Morgan fingerprint density at radius 1 is 1.35 bits per heavy atom. The molecule has 2 aromatic heterocycles. The first-order valence-electron chi connectivity index (χ1n) is 6.01. The summed E-state index contributed by atoms with van der Waals surface area (Å²) < 4.78 is 0. The first kappa shape index (κ1) is 10.9. The van der Waals surface area contributed by atoms with E-state index in [2.05, 4.69) is 33.6 Å². The molecule has 0 aromatic carbocycles. The van der Waals surface area contributed by atoms with Crippen LogP contribution in [0.1, 0.15) is 17.7 Å². The van der Waals surface area contributed by atoms with E-state index in [-0.39, 0.29) is 0 Å². The summed E-state index contributed by atoms with van der Waals surface area (Å²) in [4.78, 5) is 10.9. The Bertz CT molecular complexity index is 518. The predicted molar refractivity (Wildman–Crippen MR) is 71.7 cm³/mol. The molecule has 0 unspecified atom stereocenters. The summed E-state index contributed by atoms with van der Waals surface area (Å²) in [5, 5.41) is 7.99. The molecule has 0 radical (unpaired) electrons. The van der Waals surface area contributed by atoms with E-state index in [1.54, 1.807) is 17.7 Å². The van der Waals surface area contributed by atoms with Crippen LogP contribution in [0.5, 0.6) is 0 Å². The van der Waals surface area contributed by atoms with Gasteiger partial charge in [0.05, 0.1) is 5.39 Å². The highest BCUT2D eigenvalue weighted by molar-refractivity contribution is 7.18. The van der Waals surface area contributed by atoms with Crippen LogP contribution < -0.4 is 10.6 Å². The summed E-state index contributed by atoms with van der Waals surface area (Å²) in [5.74, 6) is 0.956. The maximum Gasteiger partial charge on any atom is 0.138 e. The Kier molecular flexibility index (Phi) is 2.94. The Morgan fingerprint density at radius 3 is 3.06 bits per heavy atom. The average molecular weight is 248 g/mol. The number of aryl methyl sites for hydroxylation is 1. The van der Waals surface area contributed by atoms with Gasteiger partial charge in [0.25, 0.3) is 0 Å². The van der Waals surface area contributed by atoms with Gasteiger partial charge in [-0.2, -0.15) is 0 Å². The lowest BCUT2D eigenvalue weighted by molar-refractivity contribution is 0.701. The van der Waals surface area contributed by atoms with E-state index in [1.165, 1.54) is 17.7 Å². The van der Waals surface area contributed by atoms with Crippen LogP contribution in [0.3, 0.4) is 0 Å². The van der Waals surface area contributed by atoms with Crippen molar-refractivity contribution in [1.82, 2.24) is 15.3 Å². The number of thiophene rings is 1. The Morgan fingerprint density at radius 2 is 2.24 bits per heavy atom. The van der Waals surface area contributed by atoms with Gasteiger partial charge in [-0.3, -0.25) is 0 Å². The first-order chi connectivity index (χ1) is 8.33. The third-order valence-electron chi connectivity index (χ3n) is 2.88. The van der Waals surface area contributed by atoms with E-state index in [9.17, 15) is 0 Å². The lowest BCUT2D eigenvalue weighted by Gasteiger charge is -2.06. The Labute approximate surface area is 104 Å². The minimum atomic E-state index is 0.769. The minimum absolute atomic E-state index is 0.769. The second-order valence-electron chi connectivity index (χ2n) is 4.45. The average Bonchev–Trinajstić information content (AvgIpc) is 3.05. The number of aromatic nitrogens is 2. The molecule has 1 aliphatic rings. The second-order valence-corrected chi connectivity index (χ2v) is 5.69. The Balaban J connectivity index is 1.66. The molecule has 1 aliphatic carbocycles. The van der Waals surface area contributed by atoms with Crippen LogP contribution in [0.4, 0.5) is 5.82 Å². The van der Waals surface area contributed by atoms with E-state index in [0.717, 1.165) is 35.2 Å². The van der Waals surface area contributed by atoms with Crippen molar-refractivity contribution in [3.8, 4) is 0 Å². The summed E-state index contributed by atoms with van der Waals surface area (Å²) in [7, 11) is 0. The maximum absolute atomic E-state index is 4.31. The normalized spacial score (nSPS) is 15.4. The molecule has 0 atom stereocenters. The van der Waals surface area contributed by atoms with Gasteiger partial charge >= 0.3 is 0 Å². The molecule has 0 bridgehead atoms. The number of hydrogen-bond donors (Lipinski definition) is 2. The fraction of sp³-hybridized carbons (Fsp3) is 0.500. The van der Waals surface area contributed by atoms with E-state index in [0.29, 0.717) is 0 Å². The quantitative estimate of drug-likeness (QED) is 0.796. The molecule has 0 saturated heterocycles. The van der Waals surface area contributed by atoms with Gasteiger partial charge in [0, 0.05) is 24.0 Å². The van der Waals surface area contributed by atoms with Crippen molar-refractivity contribution in [3.63, 3.8) is 0 Å². The third kappa shape index (κ3) is 2.56. The van der Waals surface area contributed by atoms with Crippen LogP contribution in [0.25, 0.3) is 10.2 Å². The molecule has 2 N–H and O–H groups in total. The molecular weight excluding hydrogens is 232 g/mol. The topological polar surface area (TPSA) is 49.8 Å². The second kappa shape index (κ2) is 4.58. The molecule has 1 fully saturated rings. The summed E-state index contributed by atoms with van der Waals surface area (Å²) >= 11 is 1.71. The maximum atomic E-state index is 4.31. The highest BCUT2D eigenvalue weighted by Gasteiger charge is 2.19. The zero-order chi connectivity index (χ0) is 11.7. The van der Waals surface area contributed by atoms with Crippen molar-refractivity contribution in [1.29, 1.82) is 0 Å². The Hall–Kier alpha value is -1.20. The van der Waals surface area contributed by atoms with Gasteiger partial charge in [-0.05, 0) is 25.8 Å². The highest BCUT2D eigenvalue weighted by Crippen LogP contribution is 2.27. The van der Waals surface area contributed by atoms with Gasteiger partial charge in [-0.15, -0.1) is 11.3 Å². The van der Waals surface area contributed by atoms with Gasteiger partial charge in [0.15, 0.2) is 0 Å². The van der Waals surface area contributed by atoms with E-state index < -0.39 is 0 Å². The molecule has 0 amide bonds. The van der Waals surface area contributed by atoms with Crippen LogP contribution in [0.15, 0.2) is 12.4 Å². The van der Waals surface area contributed by atoms with Crippen molar-refractivity contribution in [2.24, 2.45) is 0 Å². The lowest BCUT2D eigenvalue weighted by atomic mass is 10.3.